The van der Waals surface area contributed by atoms with Crippen LogP contribution < -0.4 is 0 Å². The van der Waals surface area contributed by atoms with Crippen molar-refractivity contribution in [2.24, 2.45) is 23.2 Å². The molecule has 0 amide bonds. The summed E-state index contributed by atoms with van der Waals surface area (Å²) in [7, 11) is 0. The zero-order chi connectivity index (χ0) is 15.3. The van der Waals surface area contributed by atoms with Gasteiger partial charge in [0.25, 0.3) is 0 Å². The first-order chi connectivity index (χ1) is 9.91. The van der Waals surface area contributed by atoms with Crippen LogP contribution in [-0.2, 0) is 14.3 Å². The minimum absolute atomic E-state index is 0.0519. The normalized spacial score (nSPS) is 41.0. The molecule has 3 aliphatic rings. The zero-order valence-electron chi connectivity index (χ0n) is 13.8. The molecule has 0 aromatic carbocycles. The number of esters is 1. The van der Waals surface area contributed by atoms with Gasteiger partial charge in [-0.05, 0) is 31.6 Å². The molecule has 1 saturated carbocycles. The Hall–Kier alpha value is -0.830. The Kier molecular flexibility index (Phi) is 3.67. The highest BCUT2D eigenvalue weighted by Gasteiger charge is 2.60. The molecule has 0 unspecified atom stereocenters. The summed E-state index contributed by atoms with van der Waals surface area (Å²) in [6.07, 6.45) is 7.35. The average molecular weight is 292 g/mol. The monoisotopic (exact) mass is 292 g/mol. The van der Waals surface area contributed by atoms with Gasteiger partial charge in [0.2, 0.25) is 0 Å². The first-order valence-electron chi connectivity index (χ1n) is 8.37. The summed E-state index contributed by atoms with van der Waals surface area (Å²) in [4.78, 5) is 11.3. The first kappa shape index (κ1) is 15.1. The summed E-state index contributed by atoms with van der Waals surface area (Å²) < 4.78 is 11.9. The van der Waals surface area contributed by atoms with Crippen molar-refractivity contribution in [3.8, 4) is 0 Å². The first-order valence-corrected chi connectivity index (χ1v) is 8.37. The third-order valence-electron chi connectivity index (χ3n) is 6.51. The van der Waals surface area contributed by atoms with Crippen LogP contribution in [0.2, 0.25) is 0 Å². The zero-order valence-corrected chi connectivity index (χ0v) is 13.8. The number of carbonyl (C=O) groups excluding carboxylic acids is 1. The standard InChI is InChI=1S/C18H28O3/c1-12-9-13(2)17(10-20-15(4)19)11-21-18(7-5-6-8-18)16(12)14(17)3/h9,13-14,16H,5-8,10-11H2,1-4H3/t13-,14-,16+,17-/m1/s1. The fourth-order valence-corrected chi connectivity index (χ4v) is 5.28. The maximum Gasteiger partial charge on any atom is 0.302 e. The molecule has 0 radical (unpaired) electrons. The molecular formula is C18H28O3. The predicted molar refractivity (Wildman–Crippen MR) is 81.8 cm³/mol. The highest BCUT2D eigenvalue weighted by Crippen LogP contribution is 2.59. The number of rotatable bonds is 2. The summed E-state index contributed by atoms with van der Waals surface area (Å²) in [6, 6.07) is 0. The van der Waals surface area contributed by atoms with Gasteiger partial charge >= 0.3 is 5.97 Å². The third kappa shape index (κ3) is 2.16. The quantitative estimate of drug-likeness (QED) is 0.574. The maximum absolute atomic E-state index is 11.3. The van der Waals surface area contributed by atoms with Gasteiger partial charge in [-0.15, -0.1) is 0 Å². The molecule has 1 saturated heterocycles. The van der Waals surface area contributed by atoms with E-state index in [1.54, 1.807) is 0 Å². The smallest absolute Gasteiger partial charge is 0.302 e. The summed E-state index contributed by atoms with van der Waals surface area (Å²) in [5.41, 5.74) is 1.49. The number of ether oxygens (including phenoxy) is 2. The van der Waals surface area contributed by atoms with Crippen LogP contribution in [-0.4, -0.2) is 24.8 Å². The second kappa shape index (κ2) is 5.12. The van der Waals surface area contributed by atoms with Crippen LogP contribution in [0.5, 0.6) is 0 Å². The fraction of sp³-hybridized carbons (Fsp3) is 0.833. The lowest BCUT2D eigenvalue weighted by atomic mass is 9.53. The second-order valence-corrected chi connectivity index (χ2v) is 7.54. The Bertz CT molecular complexity index is 461. The van der Waals surface area contributed by atoms with Gasteiger partial charge in [0.15, 0.2) is 0 Å². The van der Waals surface area contributed by atoms with Crippen molar-refractivity contribution in [3.63, 3.8) is 0 Å². The molecular weight excluding hydrogens is 264 g/mol. The number of hydrogen-bond donors (Lipinski definition) is 0. The molecule has 0 aromatic rings. The highest BCUT2D eigenvalue weighted by molar-refractivity contribution is 5.66. The van der Waals surface area contributed by atoms with Gasteiger partial charge in [0, 0.05) is 18.3 Å². The average Bonchev–Trinajstić information content (AvgIpc) is 2.86. The van der Waals surface area contributed by atoms with Gasteiger partial charge in [0.05, 0.1) is 18.8 Å². The van der Waals surface area contributed by atoms with Gasteiger partial charge in [-0.25, -0.2) is 0 Å². The predicted octanol–water partition coefficient (Wildman–Crippen LogP) is 3.73. The van der Waals surface area contributed by atoms with E-state index < -0.39 is 0 Å². The van der Waals surface area contributed by atoms with E-state index in [0.29, 0.717) is 24.4 Å². The molecule has 3 rings (SSSR count). The topological polar surface area (TPSA) is 35.5 Å². The van der Waals surface area contributed by atoms with Crippen molar-refractivity contribution < 1.29 is 14.3 Å². The van der Waals surface area contributed by atoms with Crippen molar-refractivity contribution in [2.75, 3.05) is 13.2 Å². The van der Waals surface area contributed by atoms with E-state index >= 15 is 0 Å². The van der Waals surface area contributed by atoms with Crippen LogP contribution in [0.25, 0.3) is 0 Å². The van der Waals surface area contributed by atoms with Crippen molar-refractivity contribution in [1.82, 2.24) is 0 Å². The number of allylic oxidation sites excluding steroid dienone is 1. The minimum Gasteiger partial charge on any atom is -0.465 e. The summed E-state index contributed by atoms with van der Waals surface area (Å²) in [5.74, 6) is 1.19. The molecule has 3 heteroatoms. The molecule has 1 aliphatic heterocycles. The van der Waals surface area contributed by atoms with Crippen LogP contribution in [0.3, 0.4) is 0 Å². The molecule has 1 heterocycles. The van der Waals surface area contributed by atoms with Gasteiger partial charge in [0.1, 0.15) is 0 Å². The largest absolute Gasteiger partial charge is 0.465 e. The van der Waals surface area contributed by atoms with Crippen molar-refractivity contribution >= 4 is 5.97 Å². The maximum atomic E-state index is 11.3. The molecule has 1 spiro atoms. The Morgan fingerprint density at radius 3 is 2.67 bits per heavy atom. The van der Waals surface area contributed by atoms with E-state index in [-0.39, 0.29) is 17.0 Å². The van der Waals surface area contributed by atoms with Crippen LogP contribution in [0.1, 0.15) is 53.4 Å². The molecule has 118 valence electrons. The Balaban J connectivity index is 1.95. The van der Waals surface area contributed by atoms with Gasteiger partial charge < -0.3 is 9.47 Å². The SMILES string of the molecule is CC(=O)OC[C@@]12COC3(CCCC3)[C@@H](C(C)=C[C@H]1C)[C@H]2C. The molecule has 2 fully saturated rings. The molecule has 2 bridgehead atoms. The molecule has 3 nitrogen and oxygen atoms in total. The van der Waals surface area contributed by atoms with E-state index in [1.165, 1.54) is 38.2 Å². The van der Waals surface area contributed by atoms with E-state index in [9.17, 15) is 4.79 Å². The highest BCUT2D eigenvalue weighted by atomic mass is 16.5. The van der Waals surface area contributed by atoms with E-state index in [1.807, 2.05) is 0 Å². The minimum atomic E-state index is -0.187. The van der Waals surface area contributed by atoms with Gasteiger partial charge in [-0.2, -0.15) is 0 Å². The number of fused-ring (bicyclic) bond motifs is 3. The molecule has 2 aliphatic carbocycles. The van der Waals surface area contributed by atoms with Crippen LogP contribution >= 0.6 is 0 Å². The lowest BCUT2D eigenvalue weighted by molar-refractivity contribution is -0.217. The number of hydrogen-bond acceptors (Lipinski definition) is 3. The number of carbonyl (C=O) groups is 1. The van der Waals surface area contributed by atoms with E-state index in [4.69, 9.17) is 9.47 Å². The molecule has 21 heavy (non-hydrogen) atoms. The van der Waals surface area contributed by atoms with E-state index in [2.05, 4.69) is 26.8 Å². The van der Waals surface area contributed by atoms with Crippen LogP contribution in [0, 0.1) is 23.2 Å². The van der Waals surface area contributed by atoms with E-state index in [0.717, 1.165) is 6.61 Å². The second-order valence-electron chi connectivity index (χ2n) is 7.54. The molecule has 4 atom stereocenters. The Morgan fingerprint density at radius 2 is 2.05 bits per heavy atom. The van der Waals surface area contributed by atoms with Crippen LogP contribution in [0.4, 0.5) is 0 Å². The third-order valence-corrected chi connectivity index (χ3v) is 6.51. The summed E-state index contributed by atoms with van der Waals surface area (Å²) >= 11 is 0. The molecule has 0 N–H and O–H groups in total. The Labute approximate surface area is 128 Å². The lowest BCUT2D eigenvalue weighted by Gasteiger charge is -2.59. The van der Waals surface area contributed by atoms with Crippen molar-refractivity contribution in [1.29, 1.82) is 0 Å². The fourth-order valence-electron chi connectivity index (χ4n) is 5.28. The lowest BCUT2D eigenvalue weighted by Crippen LogP contribution is -2.61. The van der Waals surface area contributed by atoms with Crippen LogP contribution in [0.15, 0.2) is 11.6 Å². The van der Waals surface area contributed by atoms with Gasteiger partial charge in [-0.3, -0.25) is 4.79 Å². The summed E-state index contributed by atoms with van der Waals surface area (Å²) in [6.45, 7) is 9.57. The summed E-state index contributed by atoms with van der Waals surface area (Å²) in [5, 5.41) is 0. The Morgan fingerprint density at radius 1 is 1.38 bits per heavy atom. The van der Waals surface area contributed by atoms with Gasteiger partial charge in [-0.1, -0.05) is 38.3 Å². The van der Waals surface area contributed by atoms with Crippen molar-refractivity contribution in [3.05, 3.63) is 11.6 Å². The molecule has 0 aromatic heterocycles. The van der Waals surface area contributed by atoms with Crippen molar-refractivity contribution in [2.45, 2.75) is 59.0 Å².